The van der Waals surface area contributed by atoms with E-state index in [0.29, 0.717) is 6.42 Å². The van der Waals surface area contributed by atoms with Gasteiger partial charge in [0.05, 0.1) is 11.8 Å². The van der Waals surface area contributed by atoms with Crippen molar-refractivity contribution in [1.29, 1.82) is 0 Å². The van der Waals surface area contributed by atoms with Gasteiger partial charge in [0, 0.05) is 11.7 Å². The number of benzene rings is 1. The highest BCUT2D eigenvalue weighted by Crippen LogP contribution is 2.43. The Balaban J connectivity index is 1.88. The smallest absolute Gasteiger partial charge is 0.307 e. The fourth-order valence-corrected chi connectivity index (χ4v) is 2.94. The highest BCUT2D eigenvalue weighted by molar-refractivity contribution is 6.01. The van der Waals surface area contributed by atoms with Crippen LogP contribution < -0.4 is 4.90 Å². The van der Waals surface area contributed by atoms with Gasteiger partial charge in [0.2, 0.25) is 5.91 Å². The third-order valence-corrected chi connectivity index (χ3v) is 4.19. The summed E-state index contributed by atoms with van der Waals surface area (Å²) in [6.45, 7) is 2.03. The molecule has 1 amide bonds. The van der Waals surface area contributed by atoms with Gasteiger partial charge < -0.3 is 10.0 Å². The van der Waals surface area contributed by atoms with Gasteiger partial charge in [0.15, 0.2) is 0 Å². The molecule has 0 bridgehead atoms. The molecular formula is C15H17NO3. The Kier molecular flexibility index (Phi) is 2.81. The number of carboxylic acids is 1. The number of carbonyl (C=O) groups excluding carboxylic acids is 1. The number of hydrogen-bond donors (Lipinski definition) is 1. The van der Waals surface area contributed by atoms with E-state index in [9.17, 15) is 9.59 Å². The molecule has 1 heterocycles. The number of carbonyl (C=O) groups is 2. The predicted octanol–water partition coefficient (Wildman–Crippen LogP) is 2.08. The van der Waals surface area contributed by atoms with E-state index in [1.165, 1.54) is 5.56 Å². The van der Waals surface area contributed by atoms with Gasteiger partial charge in [0.1, 0.15) is 0 Å². The number of carboxylic acid groups (broad SMARTS) is 1. The molecule has 1 aromatic rings. The maximum atomic E-state index is 12.5. The first-order chi connectivity index (χ1) is 9.09. The van der Waals surface area contributed by atoms with E-state index >= 15 is 0 Å². The van der Waals surface area contributed by atoms with E-state index in [0.717, 1.165) is 18.5 Å². The molecule has 1 saturated carbocycles. The van der Waals surface area contributed by atoms with Crippen molar-refractivity contribution in [2.24, 2.45) is 11.8 Å². The van der Waals surface area contributed by atoms with Gasteiger partial charge in [0.25, 0.3) is 0 Å². The van der Waals surface area contributed by atoms with E-state index in [-0.39, 0.29) is 17.9 Å². The second kappa shape index (κ2) is 4.37. The van der Waals surface area contributed by atoms with Crippen LogP contribution in [0, 0.1) is 11.8 Å². The highest BCUT2D eigenvalue weighted by Gasteiger charge is 2.51. The SMILES string of the molecule is CC1CCc2ccccc2N1C(=O)[C@@H]1C[C@@H]1C(=O)O. The van der Waals surface area contributed by atoms with Gasteiger partial charge in [-0.15, -0.1) is 0 Å². The quantitative estimate of drug-likeness (QED) is 0.884. The third-order valence-electron chi connectivity index (χ3n) is 4.19. The summed E-state index contributed by atoms with van der Waals surface area (Å²) in [5.41, 5.74) is 2.14. The molecule has 0 aromatic heterocycles. The Morgan fingerprint density at radius 2 is 2.00 bits per heavy atom. The first kappa shape index (κ1) is 12.2. The number of hydrogen-bond acceptors (Lipinski definition) is 2. The lowest BCUT2D eigenvalue weighted by molar-refractivity contribution is -0.140. The number of amides is 1. The van der Waals surface area contributed by atoms with Crippen LogP contribution in [0.15, 0.2) is 24.3 Å². The minimum Gasteiger partial charge on any atom is -0.481 e. The van der Waals surface area contributed by atoms with Gasteiger partial charge in [-0.2, -0.15) is 0 Å². The Hall–Kier alpha value is -1.84. The first-order valence-electron chi connectivity index (χ1n) is 6.73. The molecule has 1 aromatic carbocycles. The van der Waals surface area contributed by atoms with Gasteiger partial charge >= 0.3 is 5.97 Å². The van der Waals surface area contributed by atoms with Crippen LogP contribution in [0.25, 0.3) is 0 Å². The lowest BCUT2D eigenvalue weighted by Gasteiger charge is -2.35. The molecule has 4 heteroatoms. The summed E-state index contributed by atoms with van der Waals surface area (Å²) in [7, 11) is 0. The topological polar surface area (TPSA) is 57.6 Å². The Morgan fingerprint density at radius 1 is 1.26 bits per heavy atom. The Morgan fingerprint density at radius 3 is 2.68 bits per heavy atom. The number of fused-ring (bicyclic) bond motifs is 1. The molecule has 1 aliphatic carbocycles. The molecule has 4 nitrogen and oxygen atoms in total. The summed E-state index contributed by atoms with van der Waals surface area (Å²) >= 11 is 0. The molecule has 3 atom stereocenters. The molecular weight excluding hydrogens is 242 g/mol. The molecule has 1 unspecified atom stereocenters. The van der Waals surface area contributed by atoms with Crippen molar-refractivity contribution in [2.45, 2.75) is 32.2 Å². The van der Waals surface area contributed by atoms with Crippen LogP contribution in [0.2, 0.25) is 0 Å². The van der Waals surface area contributed by atoms with Gasteiger partial charge in [-0.3, -0.25) is 9.59 Å². The lowest BCUT2D eigenvalue weighted by Crippen LogP contribution is -2.43. The molecule has 1 aliphatic heterocycles. The second-order valence-corrected chi connectivity index (χ2v) is 5.51. The van der Waals surface area contributed by atoms with Crippen molar-refractivity contribution in [2.75, 3.05) is 4.90 Å². The van der Waals surface area contributed by atoms with E-state index < -0.39 is 11.9 Å². The van der Waals surface area contributed by atoms with Crippen LogP contribution in [0.4, 0.5) is 5.69 Å². The number of nitrogens with zero attached hydrogens (tertiary/aromatic N) is 1. The molecule has 19 heavy (non-hydrogen) atoms. The standard InChI is InChI=1S/C15H17NO3/c1-9-6-7-10-4-2-3-5-13(10)16(9)14(17)11-8-12(11)15(18)19/h2-5,9,11-12H,6-8H2,1H3,(H,18,19)/t9?,11-,12+/m1/s1. The van der Waals surface area contributed by atoms with Crippen LogP contribution in [0.5, 0.6) is 0 Å². The molecule has 1 fully saturated rings. The molecule has 1 N–H and O–H groups in total. The molecule has 0 spiro atoms. The van der Waals surface area contributed by atoms with Crippen molar-refractivity contribution < 1.29 is 14.7 Å². The largest absolute Gasteiger partial charge is 0.481 e. The van der Waals surface area contributed by atoms with Crippen LogP contribution in [0.3, 0.4) is 0 Å². The number of aryl methyl sites for hydroxylation is 1. The van der Waals surface area contributed by atoms with Gasteiger partial charge in [-0.25, -0.2) is 0 Å². The monoisotopic (exact) mass is 259 g/mol. The molecule has 2 aliphatic rings. The molecule has 0 radical (unpaired) electrons. The summed E-state index contributed by atoms with van der Waals surface area (Å²) in [5, 5.41) is 8.96. The fraction of sp³-hybridized carbons (Fsp3) is 0.467. The van der Waals surface area contributed by atoms with Crippen LogP contribution in [0.1, 0.15) is 25.3 Å². The van der Waals surface area contributed by atoms with Crippen molar-refractivity contribution >= 4 is 17.6 Å². The average Bonchev–Trinajstić information content (AvgIpc) is 3.18. The van der Waals surface area contributed by atoms with Crippen molar-refractivity contribution in [1.82, 2.24) is 0 Å². The maximum Gasteiger partial charge on any atom is 0.307 e. The number of anilines is 1. The normalized spacial score (nSPS) is 28.7. The maximum absolute atomic E-state index is 12.5. The number of para-hydroxylation sites is 1. The van der Waals surface area contributed by atoms with E-state index in [1.807, 2.05) is 36.1 Å². The first-order valence-corrected chi connectivity index (χ1v) is 6.73. The molecule has 100 valence electrons. The second-order valence-electron chi connectivity index (χ2n) is 5.51. The highest BCUT2D eigenvalue weighted by atomic mass is 16.4. The fourth-order valence-electron chi connectivity index (χ4n) is 2.94. The summed E-state index contributed by atoms with van der Waals surface area (Å²) in [6, 6.07) is 8.06. The third kappa shape index (κ3) is 2.01. The number of aliphatic carboxylic acids is 1. The van der Waals surface area contributed by atoms with Crippen molar-refractivity contribution in [3.05, 3.63) is 29.8 Å². The van der Waals surface area contributed by atoms with Gasteiger partial charge in [-0.1, -0.05) is 18.2 Å². The minimum absolute atomic E-state index is 0.0212. The van der Waals surface area contributed by atoms with Crippen molar-refractivity contribution in [3.8, 4) is 0 Å². The Labute approximate surface area is 112 Å². The zero-order chi connectivity index (χ0) is 13.6. The lowest BCUT2D eigenvalue weighted by atomic mass is 9.96. The van der Waals surface area contributed by atoms with Crippen LogP contribution in [-0.2, 0) is 16.0 Å². The summed E-state index contributed by atoms with van der Waals surface area (Å²) in [5.74, 6) is -1.68. The summed E-state index contributed by atoms with van der Waals surface area (Å²) in [6.07, 6.45) is 2.40. The summed E-state index contributed by atoms with van der Waals surface area (Å²) in [4.78, 5) is 25.2. The molecule has 3 rings (SSSR count). The van der Waals surface area contributed by atoms with Crippen LogP contribution >= 0.6 is 0 Å². The number of rotatable bonds is 2. The van der Waals surface area contributed by atoms with E-state index in [2.05, 4.69) is 0 Å². The van der Waals surface area contributed by atoms with Gasteiger partial charge in [-0.05, 0) is 37.8 Å². The minimum atomic E-state index is -0.851. The zero-order valence-electron chi connectivity index (χ0n) is 10.9. The average molecular weight is 259 g/mol. The summed E-state index contributed by atoms with van der Waals surface area (Å²) < 4.78 is 0. The van der Waals surface area contributed by atoms with Crippen molar-refractivity contribution in [3.63, 3.8) is 0 Å². The molecule has 0 saturated heterocycles. The predicted molar refractivity (Wildman–Crippen MR) is 70.9 cm³/mol. The Bertz CT molecular complexity index is 540. The zero-order valence-corrected chi connectivity index (χ0v) is 10.9. The van der Waals surface area contributed by atoms with E-state index in [1.54, 1.807) is 0 Å². The van der Waals surface area contributed by atoms with Crippen LogP contribution in [-0.4, -0.2) is 23.0 Å². The van der Waals surface area contributed by atoms with E-state index in [4.69, 9.17) is 5.11 Å².